The summed E-state index contributed by atoms with van der Waals surface area (Å²) in [6.45, 7) is 0.389. The van der Waals surface area contributed by atoms with Crippen LogP contribution in [0.4, 0.5) is 5.69 Å². The molecule has 0 spiro atoms. The molecule has 3 rings (SSSR count). The van der Waals surface area contributed by atoms with E-state index >= 15 is 0 Å². The van der Waals surface area contributed by atoms with Crippen LogP contribution in [0.15, 0.2) is 22.7 Å². The molecular formula is C15H19ClN4O2. The highest BCUT2D eigenvalue weighted by molar-refractivity contribution is 6.30. The quantitative estimate of drug-likeness (QED) is 0.879. The van der Waals surface area contributed by atoms with Crippen molar-refractivity contribution in [2.45, 2.75) is 37.8 Å². The highest BCUT2D eigenvalue weighted by Gasteiger charge is 2.35. The molecule has 3 N–H and O–H groups in total. The SMILES string of the molecule is COc1ccc(Cl)cc1NCc1nc(C2(N)CCCC2)no1. The molecule has 1 heterocycles. The van der Waals surface area contributed by atoms with Gasteiger partial charge in [0.15, 0.2) is 5.82 Å². The van der Waals surface area contributed by atoms with Crippen molar-refractivity contribution in [3.05, 3.63) is 34.9 Å². The van der Waals surface area contributed by atoms with E-state index in [1.165, 1.54) is 0 Å². The van der Waals surface area contributed by atoms with Crippen LogP contribution in [0.2, 0.25) is 5.02 Å². The molecule has 7 heteroatoms. The number of methoxy groups -OCH3 is 1. The van der Waals surface area contributed by atoms with E-state index in [0.717, 1.165) is 31.4 Å². The third-order valence-corrected chi connectivity index (χ3v) is 4.24. The molecule has 118 valence electrons. The summed E-state index contributed by atoms with van der Waals surface area (Å²) in [7, 11) is 1.61. The van der Waals surface area contributed by atoms with Gasteiger partial charge in [-0.05, 0) is 31.0 Å². The number of anilines is 1. The standard InChI is InChI=1S/C15H19ClN4O2/c1-21-12-5-4-10(16)8-11(12)18-9-13-19-14(20-22-13)15(17)6-2-3-7-15/h4-5,8,18H,2-3,6-7,9,17H2,1H3. The second-order valence-corrected chi connectivity index (χ2v) is 6.01. The number of ether oxygens (including phenoxy) is 1. The van der Waals surface area contributed by atoms with E-state index in [1.807, 2.05) is 0 Å². The number of nitrogens with two attached hydrogens (primary N) is 1. The first-order chi connectivity index (χ1) is 10.6. The van der Waals surface area contributed by atoms with Crippen LogP contribution in [-0.2, 0) is 12.1 Å². The molecule has 0 unspecified atom stereocenters. The highest BCUT2D eigenvalue weighted by atomic mass is 35.5. The summed E-state index contributed by atoms with van der Waals surface area (Å²) in [6, 6.07) is 5.37. The van der Waals surface area contributed by atoms with Crippen molar-refractivity contribution in [1.29, 1.82) is 0 Å². The zero-order valence-corrected chi connectivity index (χ0v) is 13.2. The number of aromatic nitrogens is 2. The summed E-state index contributed by atoms with van der Waals surface area (Å²) in [5.41, 5.74) is 6.66. The molecule has 2 aromatic rings. The maximum Gasteiger partial charge on any atom is 0.246 e. The van der Waals surface area contributed by atoms with Crippen molar-refractivity contribution in [2.75, 3.05) is 12.4 Å². The van der Waals surface area contributed by atoms with Gasteiger partial charge in [-0.1, -0.05) is 29.6 Å². The van der Waals surface area contributed by atoms with Gasteiger partial charge in [-0.2, -0.15) is 4.98 Å². The molecule has 0 atom stereocenters. The molecule has 1 aromatic heterocycles. The van der Waals surface area contributed by atoms with Crippen LogP contribution in [0.3, 0.4) is 0 Å². The summed E-state index contributed by atoms with van der Waals surface area (Å²) in [4.78, 5) is 4.42. The van der Waals surface area contributed by atoms with Crippen LogP contribution >= 0.6 is 11.6 Å². The second-order valence-electron chi connectivity index (χ2n) is 5.57. The smallest absolute Gasteiger partial charge is 0.246 e. The van der Waals surface area contributed by atoms with E-state index in [1.54, 1.807) is 25.3 Å². The normalized spacial score (nSPS) is 16.7. The van der Waals surface area contributed by atoms with E-state index in [9.17, 15) is 0 Å². The Morgan fingerprint density at radius 1 is 1.41 bits per heavy atom. The molecule has 1 aromatic carbocycles. The molecule has 6 nitrogen and oxygen atoms in total. The van der Waals surface area contributed by atoms with Gasteiger partial charge in [0.1, 0.15) is 5.75 Å². The Bertz CT molecular complexity index is 653. The van der Waals surface area contributed by atoms with Gasteiger partial charge in [0.25, 0.3) is 0 Å². The average molecular weight is 323 g/mol. The summed E-state index contributed by atoms with van der Waals surface area (Å²) in [5.74, 6) is 1.80. The maximum atomic E-state index is 6.32. The van der Waals surface area contributed by atoms with Gasteiger partial charge >= 0.3 is 0 Å². The Balaban J connectivity index is 1.70. The minimum Gasteiger partial charge on any atom is -0.495 e. The van der Waals surface area contributed by atoms with Gasteiger partial charge in [-0.15, -0.1) is 0 Å². The molecule has 0 aliphatic heterocycles. The zero-order chi connectivity index (χ0) is 15.6. The predicted molar refractivity (Wildman–Crippen MR) is 84.0 cm³/mol. The lowest BCUT2D eigenvalue weighted by molar-refractivity contribution is 0.351. The third kappa shape index (κ3) is 3.03. The fourth-order valence-corrected chi connectivity index (χ4v) is 2.92. The molecule has 1 aliphatic carbocycles. The van der Waals surface area contributed by atoms with Gasteiger partial charge in [0.2, 0.25) is 5.89 Å². The third-order valence-electron chi connectivity index (χ3n) is 4.00. The van der Waals surface area contributed by atoms with Crippen molar-refractivity contribution >= 4 is 17.3 Å². The molecule has 1 aliphatic rings. The summed E-state index contributed by atoms with van der Waals surface area (Å²) < 4.78 is 10.6. The molecule has 1 saturated carbocycles. The molecular weight excluding hydrogens is 304 g/mol. The number of nitrogens with one attached hydrogen (secondary N) is 1. The zero-order valence-electron chi connectivity index (χ0n) is 12.4. The first-order valence-corrected chi connectivity index (χ1v) is 7.68. The lowest BCUT2D eigenvalue weighted by atomic mass is 9.99. The Hall–Kier alpha value is -1.79. The average Bonchev–Trinajstić information content (AvgIpc) is 3.15. The maximum absolute atomic E-state index is 6.32. The number of hydrogen-bond acceptors (Lipinski definition) is 6. The molecule has 0 saturated heterocycles. The van der Waals surface area contributed by atoms with Crippen molar-refractivity contribution in [3.63, 3.8) is 0 Å². The van der Waals surface area contributed by atoms with E-state index in [0.29, 0.717) is 29.0 Å². The largest absolute Gasteiger partial charge is 0.495 e. The van der Waals surface area contributed by atoms with E-state index < -0.39 is 5.54 Å². The Labute approximate surface area is 134 Å². The molecule has 22 heavy (non-hydrogen) atoms. The van der Waals surface area contributed by atoms with E-state index in [4.69, 9.17) is 26.6 Å². The number of benzene rings is 1. The van der Waals surface area contributed by atoms with Crippen molar-refractivity contribution < 1.29 is 9.26 Å². The minimum atomic E-state index is -0.435. The van der Waals surface area contributed by atoms with Crippen molar-refractivity contribution in [1.82, 2.24) is 10.1 Å². The van der Waals surface area contributed by atoms with Crippen LogP contribution in [0.25, 0.3) is 0 Å². The molecule has 0 radical (unpaired) electrons. The molecule has 0 bridgehead atoms. The topological polar surface area (TPSA) is 86.2 Å². The van der Waals surface area contributed by atoms with Crippen LogP contribution in [-0.4, -0.2) is 17.3 Å². The second kappa shape index (κ2) is 6.14. The number of rotatable bonds is 5. The lowest BCUT2D eigenvalue weighted by Crippen LogP contribution is -2.34. The number of halogens is 1. The minimum absolute atomic E-state index is 0.389. The molecule has 0 amide bonds. The van der Waals surface area contributed by atoms with Crippen molar-refractivity contribution in [3.8, 4) is 5.75 Å². The van der Waals surface area contributed by atoms with Gasteiger partial charge in [-0.25, -0.2) is 0 Å². The summed E-state index contributed by atoms with van der Waals surface area (Å²) in [5, 5.41) is 7.85. The van der Waals surface area contributed by atoms with Crippen molar-refractivity contribution in [2.24, 2.45) is 5.73 Å². The van der Waals surface area contributed by atoms with E-state index in [-0.39, 0.29) is 0 Å². The van der Waals surface area contributed by atoms with Crippen LogP contribution in [0.5, 0.6) is 5.75 Å². The first-order valence-electron chi connectivity index (χ1n) is 7.30. The van der Waals surface area contributed by atoms with Crippen LogP contribution in [0.1, 0.15) is 37.4 Å². The summed E-state index contributed by atoms with van der Waals surface area (Å²) >= 11 is 6.00. The fraction of sp³-hybridized carbons (Fsp3) is 0.467. The lowest BCUT2D eigenvalue weighted by Gasteiger charge is -2.17. The van der Waals surface area contributed by atoms with Gasteiger partial charge < -0.3 is 20.3 Å². The Kier molecular flexibility index (Phi) is 4.22. The van der Waals surface area contributed by atoms with Gasteiger partial charge in [0.05, 0.1) is 24.9 Å². The molecule has 1 fully saturated rings. The van der Waals surface area contributed by atoms with Gasteiger partial charge in [-0.3, -0.25) is 0 Å². The number of hydrogen-bond donors (Lipinski definition) is 2. The summed E-state index contributed by atoms with van der Waals surface area (Å²) in [6.07, 6.45) is 4.03. The Morgan fingerprint density at radius 3 is 2.91 bits per heavy atom. The fourth-order valence-electron chi connectivity index (χ4n) is 2.75. The van der Waals surface area contributed by atoms with E-state index in [2.05, 4.69) is 15.5 Å². The Morgan fingerprint density at radius 2 is 2.18 bits per heavy atom. The monoisotopic (exact) mass is 322 g/mol. The van der Waals surface area contributed by atoms with Crippen LogP contribution in [0, 0.1) is 0 Å². The predicted octanol–water partition coefficient (Wildman–Crippen LogP) is 3.07. The number of nitrogens with zero attached hydrogens (tertiary/aromatic N) is 2. The van der Waals surface area contributed by atoms with Gasteiger partial charge in [0, 0.05) is 5.02 Å². The highest BCUT2D eigenvalue weighted by Crippen LogP contribution is 2.34. The first kappa shape index (κ1) is 15.1. The van der Waals surface area contributed by atoms with Crippen LogP contribution < -0.4 is 15.8 Å².